The fourth-order valence-electron chi connectivity index (χ4n) is 3.28. The zero-order valence-electron chi connectivity index (χ0n) is 15.4. The Balaban J connectivity index is 1.57. The lowest BCUT2D eigenvalue weighted by atomic mass is 9.96. The molecule has 0 atom stereocenters. The summed E-state index contributed by atoms with van der Waals surface area (Å²) < 4.78 is 7.14. The standard InChI is InChI=1S/C20H25N3O3/c1-3-26-20(25)18-8-11-22(12-9-18)19(24)17-6-4-16(5-7-17)14-23-13-10-21-15(23)2/h4-7,10,13,18H,3,8-9,11-12,14H2,1-2H3. The maximum Gasteiger partial charge on any atom is 0.309 e. The molecule has 138 valence electrons. The van der Waals surface area contributed by atoms with Gasteiger partial charge in [0, 0.05) is 37.6 Å². The first-order valence-electron chi connectivity index (χ1n) is 9.11. The third-order valence-corrected chi connectivity index (χ3v) is 4.88. The van der Waals surface area contributed by atoms with Gasteiger partial charge in [0.1, 0.15) is 5.82 Å². The van der Waals surface area contributed by atoms with Gasteiger partial charge in [-0.3, -0.25) is 9.59 Å². The smallest absolute Gasteiger partial charge is 0.309 e. The molecule has 0 spiro atoms. The van der Waals surface area contributed by atoms with Crippen molar-refractivity contribution >= 4 is 11.9 Å². The minimum atomic E-state index is -0.140. The highest BCUT2D eigenvalue weighted by atomic mass is 16.5. The first-order valence-corrected chi connectivity index (χ1v) is 9.11. The fourth-order valence-corrected chi connectivity index (χ4v) is 3.28. The molecule has 1 aliphatic heterocycles. The van der Waals surface area contributed by atoms with Crippen molar-refractivity contribution in [3.8, 4) is 0 Å². The van der Waals surface area contributed by atoms with Crippen LogP contribution in [0.5, 0.6) is 0 Å². The van der Waals surface area contributed by atoms with E-state index in [2.05, 4.69) is 9.55 Å². The van der Waals surface area contributed by atoms with E-state index >= 15 is 0 Å². The lowest BCUT2D eigenvalue weighted by Gasteiger charge is -2.31. The zero-order chi connectivity index (χ0) is 18.5. The van der Waals surface area contributed by atoms with Crippen LogP contribution >= 0.6 is 0 Å². The summed E-state index contributed by atoms with van der Waals surface area (Å²) in [5.74, 6) is 0.769. The van der Waals surface area contributed by atoms with E-state index in [0.29, 0.717) is 38.1 Å². The molecule has 2 aromatic rings. The van der Waals surface area contributed by atoms with Gasteiger partial charge < -0.3 is 14.2 Å². The molecule has 1 saturated heterocycles. The van der Waals surface area contributed by atoms with Crippen LogP contribution < -0.4 is 0 Å². The van der Waals surface area contributed by atoms with Gasteiger partial charge in [-0.2, -0.15) is 0 Å². The van der Waals surface area contributed by atoms with E-state index in [9.17, 15) is 9.59 Å². The number of imidazole rings is 1. The quantitative estimate of drug-likeness (QED) is 0.774. The highest BCUT2D eigenvalue weighted by Gasteiger charge is 2.28. The molecule has 1 aliphatic rings. The van der Waals surface area contributed by atoms with Gasteiger partial charge >= 0.3 is 5.97 Å². The topological polar surface area (TPSA) is 64.4 Å². The number of hydrogen-bond donors (Lipinski definition) is 0. The second-order valence-corrected chi connectivity index (χ2v) is 6.62. The molecule has 0 saturated carbocycles. The number of likely N-dealkylation sites (tertiary alicyclic amines) is 1. The second-order valence-electron chi connectivity index (χ2n) is 6.62. The molecule has 26 heavy (non-hydrogen) atoms. The third kappa shape index (κ3) is 4.12. The minimum absolute atomic E-state index is 0.0256. The van der Waals surface area contributed by atoms with Gasteiger partial charge in [-0.25, -0.2) is 4.98 Å². The Kier molecular flexibility index (Phi) is 5.71. The van der Waals surface area contributed by atoms with Crippen LogP contribution in [0.2, 0.25) is 0 Å². The Morgan fingerprint density at radius 3 is 2.46 bits per heavy atom. The SMILES string of the molecule is CCOC(=O)C1CCN(C(=O)c2ccc(Cn3ccnc3C)cc2)CC1. The van der Waals surface area contributed by atoms with Crippen molar-refractivity contribution in [3.63, 3.8) is 0 Å². The summed E-state index contributed by atoms with van der Waals surface area (Å²) in [5.41, 5.74) is 1.81. The molecule has 3 rings (SSSR count). The molecule has 2 heterocycles. The number of carbonyl (C=O) groups is 2. The van der Waals surface area contributed by atoms with Crippen molar-refractivity contribution in [2.75, 3.05) is 19.7 Å². The first kappa shape index (κ1) is 18.2. The number of ether oxygens (including phenoxy) is 1. The average molecular weight is 355 g/mol. The number of rotatable bonds is 5. The molecule has 1 aromatic heterocycles. The number of nitrogens with zero attached hydrogens (tertiary/aromatic N) is 3. The van der Waals surface area contributed by atoms with Crippen LogP contribution in [0.4, 0.5) is 0 Å². The number of hydrogen-bond acceptors (Lipinski definition) is 4. The van der Waals surface area contributed by atoms with Crippen LogP contribution in [0.15, 0.2) is 36.7 Å². The van der Waals surface area contributed by atoms with Crippen LogP contribution in [0.25, 0.3) is 0 Å². The van der Waals surface area contributed by atoms with Gasteiger partial charge in [0.2, 0.25) is 0 Å². The van der Waals surface area contributed by atoms with Crippen molar-refractivity contribution < 1.29 is 14.3 Å². The second kappa shape index (κ2) is 8.17. The average Bonchev–Trinajstić information content (AvgIpc) is 3.07. The normalized spacial score (nSPS) is 15.1. The van der Waals surface area contributed by atoms with Crippen molar-refractivity contribution in [1.29, 1.82) is 0 Å². The summed E-state index contributed by atoms with van der Waals surface area (Å²) in [5, 5.41) is 0. The molecule has 0 bridgehead atoms. The predicted octanol–water partition coefficient (Wildman–Crippen LogP) is 2.66. The van der Waals surface area contributed by atoms with Crippen molar-refractivity contribution in [2.45, 2.75) is 33.2 Å². The summed E-state index contributed by atoms with van der Waals surface area (Å²) in [7, 11) is 0. The van der Waals surface area contributed by atoms with Crippen molar-refractivity contribution in [1.82, 2.24) is 14.5 Å². The Bertz CT molecular complexity index is 759. The molecule has 0 aliphatic carbocycles. The molecular weight excluding hydrogens is 330 g/mol. The van der Waals surface area contributed by atoms with Crippen molar-refractivity contribution in [2.24, 2.45) is 5.92 Å². The summed E-state index contributed by atoms with van der Waals surface area (Å²) in [6, 6.07) is 7.72. The lowest BCUT2D eigenvalue weighted by Crippen LogP contribution is -2.40. The minimum Gasteiger partial charge on any atom is -0.466 e. The van der Waals surface area contributed by atoms with Gasteiger partial charge in [0.15, 0.2) is 0 Å². The van der Waals surface area contributed by atoms with E-state index < -0.39 is 0 Å². The van der Waals surface area contributed by atoms with Gasteiger partial charge in [-0.05, 0) is 44.4 Å². The molecular formula is C20H25N3O3. The Labute approximate surface area is 153 Å². The molecule has 1 amide bonds. The monoisotopic (exact) mass is 355 g/mol. The summed E-state index contributed by atoms with van der Waals surface area (Å²) in [6.07, 6.45) is 5.07. The van der Waals surface area contributed by atoms with Crippen LogP contribution in [0.3, 0.4) is 0 Å². The van der Waals surface area contributed by atoms with Gasteiger partial charge in [-0.1, -0.05) is 12.1 Å². The van der Waals surface area contributed by atoms with Gasteiger partial charge in [-0.15, -0.1) is 0 Å². The molecule has 6 nitrogen and oxygen atoms in total. The van der Waals surface area contributed by atoms with E-state index in [1.54, 1.807) is 6.20 Å². The first-order chi connectivity index (χ1) is 12.6. The van der Waals surface area contributed by atoms with E-state index in [-0.39, 0.29) is 17.8 Å². The maximum absolute atomic E-state index is 12.7. The van der Waals surface area contributed by atoms with Crippen LogP contribution in [0.1, 0.15) is 41.5 Å². The lowest BCUT2D eigenvalue weighted by molar-refractivity contribution is -0.149. The Morgan fingerprint density at radius 2 is 1.88 bits per heavy atom. The molecule has 0 N–H and O–H groups in total. The number of piperidine rings is 1. The highest BCUT2D eigenvalue weighted by Crippen LogP contribution is 2.20. The van der Waals surface area contributed by atoms with Crippen LogP contribution in [0, 0.1) is 12.8 Å². The predicted molar refractivity (Wildman–Crippen MR) is 97.8 cm³/mol. The number of amides is 1. The number of aromatic nitrogens is 2. The molecule has 0 unspecified atom stereocenters. The third-order valence-electron chi connectivity index (χ3n) is 4.88. The number of carbonyl (C=O) groups excluding carboxylic acids is 2. The largest absolute Gasteiger partial charge is 0.466 e. The van der Waals surface area contributed by atoms with E-state index in [4.69, 9.17) is 4.74 Å². The highest BCUT2D eigenvalue weighted by molar-refractivity contribution is 5.94. The molecule has 0 radical (unpaired) electrons. The van der Waals surface area contributed by atoms with Crippen LogP contribution in [-0.4, -0.2) is 46.0 Å². The molecule has 1 aromatic carbocycles. The fraction of sp³-hybridized carbons (Fsp3) is 0.450. The molecule has 1 fully saturated rings. The number of aryl methyl sites for hydroxylation is 1. The van der Waals surface area contributed by atoms with Gasteiger partial charge in [0.05, 0.1) is 12.5 Å². The van der Waals surface area contributed by atoms with E-state index in [0.717, 1.165) is 17.9 Å². The Hall–Kier alpha value is -2.63. The Morgan fingerprint density at radius 1 is 1.19 bits per heavy atom. The van der Waals surface area contributed by atoms with E-state index in [1.165, 1.54) is 0 Å². The molecule has 6 heteroatoms. The number of esters is 1. The van der Waals surface area contributed by atoms with E-state index in [1.807, 2.05) is 49.2 Å². The summed E-state index contributed by atoms with van der Waals surface area (Å²) in [4.78, 5) is 30.5. The van der Waals surface area contributed by atoms with Crippen molar-refractivity contribution in [3.05, 3.63) is 53.6 Å². The summed E-state index contributed by atoms with van der Waals surface area (Å²) in [6.45, 7) is 6.12. The maximum atomic E-state index is 12.7. The zero-order valence-corrected chi connectivity index (χ0v) is 15.4. The van der Waals surface area contributed by atoms with Crippen LogP contribution in [-0.2, 0) is 16.1 Å². The van der Waals surface area contributed by atoms with Gasteiger partial charge in [0.25, 0.3) is 5.91 Å². The summed E-state index contributed by atoms with van der Waals surface area (Å²) >= 11 is 0. The number of benzene rings is 1.